The molecule has 3 rings (SSSR count). The van der Waals surface area contributed by atoms with E-state index in [9.17, 15) is 0 Å². The molecule has 6 heteroatoms. The maximum Gasteiger partial charge on any atom is 0.139 e. The highest BCUT2D eigenvalue weighted by atomic mass is 35.5. The lowest BCUT2D eigenvalue weighted by atomic mass is 9.98. The number of fused-ring (bicyclic) bond motifs is 2. The Morgan fingerprint density at radius 2 is 0.712 bits per heavy atom. The first-order valence-corrected chi connectivity index (χ1v) is 22.0. The van der Waals surface area contributed by atoms with Crippen molar-refractivity contribution in [2.24, 2.45) is 0 Å². The number of hydrogen-bond donors (Lipinski definition) is 0. The van der Waals surface area contributed by atoms with Crippen LogP contribution in [-0.2, 0) is 0 Å². The van der Waals surface area contributed by atoms with Crippen LogP contribution in [0.3, 0.4) is 0 Å². The minimum Gasteiger partial charge on any atom is -0.490 e. The molecule has 0 saturated heterocycles. The van der Waals surface area contributed by atoms with Crippen LogP contribution in [0.2, 0.25) is 10.0 Å². The van der Waals surface area contributed by atoms with Gasteiger partial charge in [-0.1, -0.05) is 128 Å². The first-order valence-electron chi connectivity index (χ1n) is 21.2. The lowest BCUT2D eigenvalue weighted by Gasteiger charge is -2.27. The molecular formula is C46H72Cl2O4. The maximum absolute atomic E-state index is 7.06. The van der Waals surface area contributed by atoms with E-state index in [0.717, 1.165) is 95.9 Å². The molecule has 294 valence electrons. The summed E-state index contributed by atoms with van der Waals surface area (Å²) in [5.74, 6) is 3.12. The summed E-state index contributed by atoms with van der Waals surface area (Å²) in [7, 11) is 0. The lowest BCUT2D eigenvalue weighted by molar-refractivity contribution is 0.195. The molecule has 4 nitrogen and oxygen atoms in total. The molecule has 0 aromatic heterocycles. The lowest BCUT2D eigenvalue weighted by Crippen LogP contribution is -2.17. The van der Waals surface area contributed by atoms with E-state index in [0.29, 0.717) is 10.0 Å². The van der Waals surface area contributed by atoms with Crippen molar-refractivity contribution in [2.75, 3.05) is 0 Å². The van der Waals surface area contributed by atoms with E-state index in [4.69, 9.17) is 42.1 Å². The van der Waals surface area contributed by atoms with Crippen LogP contribution < -0.4 is 18.9 Å². The summed E-state index contributed by atoms with van der Waals surface area (Å²) in [5.41, 5.74) is 0. The van der Waals surface area contributed by atoms with Crippen molar-refractivity contribution in [3.05, 3.63) is 34.3 Å². The van der Waals surface area contributed by atoms with Crippen LogP contribution >= 0.6 is 23.2 Å². The molecule has 0 aliphatic carbocycles. The quantitative estimate of drug-likeness (QED) is 0.0546. The zero-order chi connectivity index (χ0) is 37.9. The molecule has 3 aromatic carbocycles. The Kier molecular flexibility index (Phi) is 20.8. The van der Waals surface area contributed by atoms with Gasteiger partial charge in [-0.2, -0.15) is 0 Å². The third kappa shape index (κ3) is 14.0. The molecule has 0 fully saturated rings. The smallest absolute Gasteiger partial charge is 0.139 e. The van der Waals surface area contributed by atoms with Gasteiger partial charge in [0, 0.05) is 10.8 Å². The van der Waals surface area contributed by atoms with Gasteiger partial charge >= 0.3 is 0 Å². The molecule has 0 saturated carbocycles. The summed E-state index contributed by atoms with van der Waals surface area (Å²) in [6, 6.07) is 8.09. The molecule has 0 aliphatic heterocycles. The Labute approximate surface area is 328 Å². The van der Waals surface area contributed by atoms with Crippen LogP contribution in [0.25, 0.3) is 21.5 Å². The van der Waals surface area contributed by atoms with Gasteiger partial charge in [0.2, 0.25) is 0 Å². The molecular weight excluding hydrogens is 687 g/mol. The van der Waals surface area contributed by atoms with Gasteiger partial charge < -0.3 is 18.9 Å². The van der Waals surface area contributed by atoms with E-state index < -0.39 is 0 Å². The van der Waals surface area contributed by atoms with Crippen LogP contribution in [0.4, 0.5) is 0 Å². The summed E-state index contributed by atoms with van der Waals surface area (Å²) in [6.45, 7) is 17.7. The predicted molar refractivity (Wildman–Crippen MR) is 227 cm³/mol. The predicted octanol–water partition coefficient (Wildman–Crippen LogP) is 16.3. The van der Waals surface area contributed by atoms with Crippen LogP contribution in [0, 0.1) is 0 Å². The van der Waals surface area contributed by atoms with Crippen molar-refractivity contribution in [3.63, 3.8) is 0 Å². The van der Waals surface area contributed by atoms with Gasteiger partial charge in [-0.3, -0.25) is 0 Å². The highest BCUT2D eigenvalue weighted by molar-refractivity contribution is 6.43. The molecule has 0 aliphatic rings. The second kappa shape index (κ2) is 24.4. The van der Waals surface area contributed by atoms with E-state index in [-0.39, 0.29) is 24.4 Å². The Hall–Kier alpha value is -2.04. The van der Waals surface area contributed by atoms with Gasteiger partial charge in [0.15, 0.2) is 0 Å². The molecule has 4 unspecified atom stereocenters. The SMILES string of the molecule is CCCCCCC(C)Oc1ccc(OC(C)CCCCCC)c2c(OC(C)CCCCCC)c3cc(Cl)c(Cl)cc3c(OC(C)CCCCCC)c12. The van der Waals surface area contributed by atoms with Crippen LogP contribution in [0.1, 0.15) is 184 Å². The molecule has 3 aromatic rings. The van der Waals surface area contributed by atoms with Crippen molar-refractivity contribution in [2.45, 2.75) is 208 Å². The molecule has 52 heavy (non-hydrogen) atoms. The molecule has 0 N–H and O–H groups in total. The van der Waals surface area contributed by atoms with Gasteiger partial charge in [-0.25, -0.2) is 0 Å². The number of hydrogen-bond acceptors (Lipinski definition) is 4. The van der Waals surface area contributed by atoms with Crippen molar-refractivity contribution in [3.8, 4) is 23.0 Å². The van der Waals surface area contributed by atoms with E-state index in [1.807, 2.05) is 12.1 Å². The highest BCUT2D eigenvalue weighted by Gasteiger charge is 2.27. The van der Waals surface area contributed by atoms with Gasteiger partial charge in [0.25, 0.3) is 0 Å². The van der Waals surface area contributed by atoms with E-state index >= 15 is 0 Å². The molecule has 0 heterocycles. The zero-order valence-electron chi connectivity index (χ0n) is 34.1. The topological polar surface area (TPSA) is 36.9 Å². The largest absolute Gasteiger partial charge is 0.490 e. The monoisotopic (exact) mass is 758 g/mol. The van der Waals surface area contributed by atoms with Gasteiger partial charge in [-0.05, 0) is 103 Å². The standard InChI is InChI=1S/C46H72Cl2O4/c1-9-13-17-21-25-33(5)49-41-29-30-42(50-34(6)26-22-18-14-10-2)44-43(41)45(51-35(7)27-23-19-15-11-3)37-31-39(47)40(48)32-38(37)46(44)52-36(8)28-24-20-16-12-4/h29-36H,9-28H2,1-8H3. The average molecular weight is 760 g/mol. The molecule has 0 radical (unpaired) electrons. The fourth-order valence-corrected chi connectivity index (χ4v) is 7.48. The highest BCUT2D eigenvalue weighted by Crippen LogP contribution is 2.52. The summed E-state index contributed by atoms with van der Waals surface area (Å²) >= 11 is 13.6. The number of halogens is 2. The van der Waals surface area contributed by atoms with Crippen molar-refractivity contribution in [1.29, 1.82) is 0 Å². The van der Waals surface area contributed by atoms with Crippen molar-refractivity contribution in [1.82, 2.24) is 0 Å². The van der Waals surface area contributed by atoms with Gasteiger partial charge in [0.1, 0.15) is 23.0 Å². The zero-order valence-corrected chi connectivity index (χ0v) is 35.7. The molecule has 4 atom stereocenters. The third-order valence-electron chi connectivity index (χ3n) is 10.3. The third-order valence-corrected chi connectivity index (χ3v) is 11.0. The summed E-state index contributed by atoms with van der Waals surface area (Å²) in [4.78, 5) is 0. The Bertz CT molecular complexity index is 1350. The minimum atomic E-state index is -0.0108. The molecule has 0 spiro atoms. The van der Waals surface area contributed by atoms with E-state index in [2.05, 4.69) is 67.5 Å². The fraction of sp³-hybridized carbons (Fsp3) is 0.696. The summed E-state index contributed by atoms with van der Waals surface area (Å²) in [5, 5.41) is 4.56. The van der Waals surface area contributed by atoms with Gasteiger partial charge in [-0.15, -0.1) is 0 Å². The average Bonchev–Trinajstić information content (AvgIpc) is 3.12. The Morgan fingerprint density at radius 3 is 1.00 bits per heavy atom. The van der Waals surface area contributed by atoms with Crippen LogP contribution in [-0.4, -0.2) is 24.4 Å². The molecule has 0 bridgehead atoms. The van der Waals surface area contributed by atoms with Crippen molar-refractivity contribution >= 4 is 44.7 Å². The fourth-order valence-electron chi connectivity index (χ4n) is 7.15. The van der Waals surface area contributed by atoms with Crippen LogP contribution in [0.5, 0.6) is 23.0 Å². The second-order valence-corrected chi connectivity index (χ2v) is 16.2. The first-order chi connectivity index (χ1) is 25.1. The van der Waals surface area contributed by atoms with E-state index in [1.54, 1.807) is 0 Å². The number of ether oxygens (including phenoxy) is 4. The number of rotatable bonds is 28. The molecule has 0 amide bonds. The summed E-state index contributed by atoms with van der Waals surface area (Å²) in [6.07, 6.45) is 23.2. The van der Waals surface area contributed by atoms with Crippen LogP contribution in [0.15, 0.2) is 24.3 Å². The Morgan fingerprint density at radius 1 is 0.423 bits per heavy atom. The second-order valence-electron chi connectivity index (χ2n) is 15.4. The van der Waals surface area contributed by atoms with Gasteiger partial charge in [0.05, 0.1) is 45.2 Å². The first kappa shape index (κ1) is 44.4. The number of benzene rings is 3. The minimum absolute atomic E-state index is 0.0108. The number of unbranched alkanes of at least 4 members (excludes halogenated alkanes) is 12. The normalized spacial score (nSPS) is 14.0. The van der Waals surface area contributed by atoms with Crippen molar-refractivity contribution < 1.29 is 18.9 Å². The Balaban J connectivity index is 2.29. The maximum atomic E-state index is 7.06. The summed E-state index contributed by atoms with van der Waals surface area (Å²) < 4.78 is 27.9. The van der Waals surface area contributed by atoms with E-state index in [1.165, 1.54) is 77.0 Å².